The number of hydrogen-bond donors (Lipinski definition) is 0. The molecule has 1 aliphatic heterocycles. The second-order valence-electron chi connectivity index (χ2n) is 5.67. The lowest BCUT2D eigenvalue weighted by atomic mass is 9.83. The second kappa shape index (κ2) is 4.12. The first-order valence-corrected chi connectivity index (χ1v) is 7.59. The summed E-state index contributed by atoms with van der Waals surface area (Å²) in [6.07, 6.45) is 7.76. The quantitative estimate of drug-likeness (QED) is 0.732. The fraction of sp³-hybridized carbons (Fsp3) is 0.923. The Morgan fingerprint density at radius 3 is 2.73 bits per heavy atom. The number of carbonyl (C=O) groups excluding carboxylic acids is 1. The number of hydrogen-bond acceptors (Lipinski definition) is 2. The maximum absolute atomic E-state index is 12.1. The van der Waals surface area contributed by atoms with Gasteiger partial charge in [-0.15, -0.1) is 0 Å². The summed E-state index contributed by atoms with van der Waals surface area (Å²) in [6, 6.07) is 0. The van der Waals surface area contributed by atoms with Crippen molar-refractivity contribution in [3.8, 4) is 0 Å². The molecule has 4 atom stereocenters. The Hall–Kier alpha value is 0.0200. The van der Waals surface area contributed by atoms with Crippen LogP contribution in [0.5, 0.6) is 0 Å². The molecule has 0 spiro atoms. The van der Waals surface area contributed by atoms with Gasteiger partial charge in [-0.2, -0.15) is 11.8 Å². The molecule has 1 nitrogen and oxygen atoms in total. The van der Waals surface area contributed by atoms with Crippen molar-refractivity contribution in [3.63, 3.8) is 0 Å². The standard InChI is InChI=1S/C13H20OS/c14-13(11-3-4-15-8-11)7-12-6-9-1-2-10(12)5-9/h9-12H,1-8H2. The molecular formula is C13H20OS. The molecular weight excluding hydrogens is 204 g/mol. The summed E-state index contributed by atoms with van der Waals surface area (Å²) < 4.78 is 0. The number of carbonyl (C=O) groups is 1. The molecule has 3 aliphatic rings. The number of thioether (sulfide) groups is 1. The molecule has 0 aromatic carbocycles. The van der Waals surface area contributed by atoms with Gasteiger partial charge in [0, 0.05) is 18.1 Å². The molecule has 15 heavy (non-hydrogen) atoms. The van der Waals surface area contributed by atoms with E-state index in [0.717, 1.165) is 36.3 Å². The molecule has 3 rings (SSSR count). The first-order chi connectivity index (χ1) is 7.33. The summed E-state index contributed by atoms with van der Waals surface area (Å²) in [5.74, 6) is 6.04. The van der Waals surface area contributed by atoms with Gasteiger partial charge in [0.25, 0.3) is 0 Å². The normalized spacial score (nSPS) is 43.7. The summed E-state index contributed by atoms with van der Waals surface area (Å²) >= 11 is 1.96. The molecule has 3 fully saturated rings. The van der Waals surface area contributed by atoms with E-state index < -0.39 is 0 Å². The van der Waals surface area contributed by atoms with Gasteiger partial charge in [0.15, 0.2) is 0 Å². The fourth-order valence-electron chi connectivity index (χ4n) is 3.84. The van der Waals surface area contributed by atoms with Gasteiger partial charge in [-0.05, 0) is 49.2 Å². The largest absolute Gasteiger partial charge is 0.299 e. The van der Waals surface area contributed by atoms with Gasteiger partial charge < -0.3 is 0 Å². The van der Waals surface area contributed by atoms with Crippen LogP contribution in [-0.4, -0.2) is 17.3 Å². The van der Waals surface area contributed by atoms with E-state index in [1.807, 2.05) is 11.8 Å². The van der Waals surface area contributed by atoms with E-state index in [0.29, 0.717) is 11.7 Å². The maximum Gasteiger partial charge on any atom is 0.137 e. The summed E-state index contributed by atoms with van der Waals surface area (Å²) in [7, 11) is 0. The monoisotopic (exact) mass is 224 g/mol. The SMILES string of the molecule is O=C(CC1CC2CCC1C2)C1CCSC1. The van der Waals surface area contributed by atoms with Gasteiger partial charge in [0.1, 0.15) is 5.78 Å². The van der Waals surface area contributed by atoms with Crippen molar-refractivity contribution in [1.29, 1.82) is 0 Å². The summed E-state index contributed by atoms with van der Waals surface area (Å²) in [4.78, 5) is 12.1. The van der Waals surface area contributed by atoms with E-state index in [2.05, 4.69) is 0 Å². The van der Waals surface area contributed by atoms with Crippen molar-refractivity contribution in [2.45, 2.75) is 38.5 Å². The predicted molar refractivity (Wildman–Crippen MR) is 64.0 cm³/mol. The Kier molecular flexibility index (Phi) is 2.80. The lowest BCUT2D eigenvalue weighted by Crippen LogP contribution is -2.21. The molecule has 0 N–H and O–H groups in total. The smallest absolute Gasteiger partial charge is 0.137 e. The van der Waals surface area contributed by atoms with E-state index in [-0.39, 0.29) is 0 Å². The first-order valence-electron chi connectivity index (χ1n) is 6.43. The van der Waals surface area contributed by atoms with Gasteiger partial charge >= 0.3 is 0 Å². The number of rotatable bonds is 3. The van der Waals surface area contributed by atoms with Crippen LogP contribution in [0.1, 0.15) is 38.5 Å². The Balaban J connectivity index is 1.54. The molecule has 0 amide bonds. The zero-order valence-electron chi connectivity index (χ0n) is 9.28. The molecule has 0 aromatic rings. The van der Waals surface area contributed by atoms with Crippen molar-refractivity contribution in [1.82, 2.24) is 0 Å². The summed E-state index contributed by atoms with van der Waals surface area (Å²) in [5, 5.41) is 0. The van der Waals surface area contributed by atoms with Gasteiger partial charge in [-0.1, -0.05) is 6.42 Å². The lowest BCUT2D eigenvalue weighted by Gasteiger charge is -2.21. The molecule has 0 aromatic heterocycles. The minimum atomic E-state index is 0.425. The predicted octanol–water partition coefficient (Wildman–Crippen LogP) is 3.13. The van der Waals surface area contributed by atoms with Crippen LogP contribution in [0, 0.1) is 23.7 Å². The van der Waals surface area contributed by atoms with Crippen LogP contribution in [0.4, 0.5) is 0 Å². The van der Waals surface area contributed by atoms with Gasteiger partial charge in [0.2, 0.25) is 0 Å². The van der Waals surface area contributed by atoms with Crippen LogP contribution < -0.4 is 0 Å². The third-order valence-electron chi connectivity index (χ3n) is 4.73. The minimum Gasteiger partial charge on any atom is -0.299 e. The van der Waals surface area contributed by atoms with E-state index >= 15 is 0 Å². The Bertz CT molecular complexity index is 257. The zero-order chi connectivity index (χ0) is 10.3. The van der Waals surface area contributed by atoms with Crippen molar-refractivity contribution in [2.75, 3.05) is 11.5 Å². The van der Waals surface area contributed by atoms with E-state index in [9.17, 15) is 4.79 Å². The molecule has 2 saturated carbocycles. The van der Waals surface area contributed by atoms with Crippen LogP contribution in [-0.2, 0) is 4.79 Å². The molecule has 84 valence electrons. The third-order valence-corrected chi connectivity index (χ3v) is 5.90. The highest BCUT2D eigenvalue weighted by Gasteiger charge is 2.40. The first kappa shape index (κ1) is 10.2. The molecule has 2 bridgehead atoms. The van der Waals surface area contributed by atoms with Crippen LogP contribution in [0.15, 0.2) is 0 Å². The maximum atomic E-state index is 12.1. The van der Waals surface area contributed by atoms with Crippen molar-refractivity contribution >= 4 is 17.5 Å². The van der Waals surface area contributed by atoms with Crippen molar-refractivity contribution in [3.05, 3.63) is 0 Å². The van der Waals surface area contributed by atoms with E-state index in [1.165, 1.54) is 31.4 Å². The lowest BCUT2D eigenvalue weighted by molar-refractivity contribution is -0.123. The van der Waals surface area contributed by atoms with Crippen LogP contribution in [0.2, 0.25) is 0 Å². The molecule has 4 unspecified atom stereocenters. The highest BCUT2D eigenvalue weighted by Crippen LogP contribution is 2.50. The summed E-state index contributed by atoms with van der Waals surface area (Å²) in [5.41, 5.74) is 0. The molecule has 1 heterocycles. The van der Waals surface area contributed by atoms with Crippen molar-refractivity contribution in [2.24, 2.45) is 23.7 Å². The van der Waals surface area contributed by atoms with Gasteiger partial charge in [-0.25, -0.2) is 0 Å². The Morgan fingerprint density at radius 2 is 2.13 bits per heavy atom. The van der Waals surface area contributed by atoms with E-state index in [1.54, 1.807) is 0 Å². The van der Waals surface area contributed by atoms with Crippen LogP contribution >= 0.6 is 11.8 Å². The molecule has 2 aliphatic carbocycles. The average Bonchev–Trinajstić information content (AvgIpc) is 2.95. The fourth-order valence-corrected chi connectivity index (χ4v) is 5.09. The highest BCUT2D eigenvalue weighted by molar-refractivity contribution is 7.99. The van der Waals surface area contributed by atoms with Crippen LogP contribution in [0.25, 0.3) is 0 Å². The van der Waals surface area contributed by atoms with E-state index in [4.69, 9.17) is 0 Å². The average molecular weight is 224 g/mol. The molecule has 0 radical (unpaired) electrons. The molecule has 1 saturated heterocycles. The topological polar surface area (TPSA) is 17.1 Å². The minimum absolute atomic E-state index is 0.425. The van der Waals surface area contributed by atoms with Crippen LogP contribution in [0.3, 0.4) is 0 Å². The van der Waals surface area contributed by atoms with Crippen molar-refractivity contribution < 1.29 is 4.79 Å². The highest BCUT2D eigenvalue weighted by atomic mass is 32.2. The zero-order valence-corrected chi connectivity index (χ0v) is 10.1. The number of fused-ring (bicyclic) bond motifs is 2. The third kappa shape index (κ3) is 1.98. The van der Waals surface area contributed by atoms with Gasteiger partial charge in [-0.3, -0.25) is 4.79 Å². The van der Waals surface area contributed by atoms with Gasteiger partial charge in [0.05, 0.1) is 0 Å². The summed E-state index contributed by atoms with van der Waals surface area (Å²) in [6.45, 7) is 0. The molecule has 2 heteroatoms. The number of Topliss-reactive ketones (excluding diaryl/α,β-unsaturated/α-hetero) is 1. The number of ketones is 1. The Labute approximate surface area is 96.4 Å². The second-order valence-corrected chi connectivity index (χ2v) is 6.82. The Morgan fingerprint density at radius 1 is 1.20 bits per heavy atom.